The second-order valence-electron chi connectivity index (χ2n) is 5.81. The third-order valence-corrected chi connectivity index (χ3v) is 4.63. The van der Waals surface area contributed by atoms with Crippen LogP contribution in [0.4, 0.5) is 0 Å². The Morgan fingerprint density at radius 1 is 1.48 bits per heavy atom. The van der Waals surface area contributed by atoms with Crippen molar-refractivity contribution in [3.8, 4) is 5.75 Å². The molecule has 0 radical (unpaired) electrons. The number of halogens is 1. The van der Waals surface area contributed by atoms with Gasteiger partial charge in [-0.05, 0) is 30.5 Å². The molecule has 1 aromatic carbocycles. The van der Waals surface area contributed by atoms with Crippen molar-refractivity contribution in [2.45, 2.75) is 25.5 Å². The molecule has 2 N–H and O–H groups in total. The summed E-state index contributed by atoms with van der Waals surface area (Å²) >= 11 is 6.28. The van der Waals surface area contributed by atoms with Gasteiger partial charge >= 0.3 is 0 Å². The first-order valence-electron chi connectivity index (χ1n) is 7.91. The monoisotopic (exact) mass is 335 g/mol. The van der Waals surface area contributed by atoms with Crippen LogP contribution in [0, 0.1) is 5.92 Å². The highest BCUT2D eigenvalue weighted by molar-refractivity contribution is 6.31. The van der Waals surface area contributed by atoms with Crippen LogP contribution in [0.15, 0.2) is 30.6 Å². The Balaban J connectivity index is 1.56. The zero-order valence-corrected chi connectivity index (χ0v) is 14.0. The SMILES string of the molecule is COc1ccc(CNC[C@@H]2CCCO[C@H]2c2cn[nH]c2)c(Cl)c1. The summed E-state index contributed by atoms with van der Waals surface area (Å²) in [5.74, 6) is 1.22. The second-order valence-corrected chi connectivity index (χ2v) is 6.22. The number of hydrogen-bond donors (Lipinski definition) is 2. The van der Waals surface area contributed by atoms with Gasteiger partial charge < -0.3 is 14.8 Å². The number of ether oxygens (including phenoxy) is 2. The van der Waals surface area contributed by atoms with Crippen LogP contribution < -0.4 is 10.1 Å². The van der Waals surface area contributed by atoms with Gasteiger partial charge in [-0.2, -0.15) is 5.10 Å². The van der Waals surface area contributed by atoms with Crippen LogP contribution in [0.25, 0.3) is 0 Å². The average Bonchev–Trinajstić information content (AvgIpc) is 3.11. The summed E-state index contributed by atoms with van der Waals surface area (Å²) in [7, 11) is 1.64. The topological polar surface area (TPSA) is 59.2 Å². The van der Waals surface area contributed by atoms with E-state index in [1.807, 2.05) is 30.6 Å². The minimum absolute atomic E-state index is 0.112. The van der Waals surface area contributed by atoms with Crippen LogP contribution in [-0.2, 0) is 11.3 Å². The van der Waals surface area contributed by atoms with E-state index in [4.69, 9.17) is 21.1 Å². The number of methoxy groups -OCH3 is 1. The first-order chi connectivity index (χ1) is 11.3. The number of H-pyrrole nitrogens is 1. The maximum absolute atomic E-state index is 6.28. The summed E-state index contributed by atoms with van der Waals surface area (Å²) in [6.07, 6.45) is 6.14. The van der Waals surface area contributed by atoms with Gasteiger partial charge in [0.25, 0.3) is 0 Å². The summed E-state index contributed by atoms with van der Waals surface area (Å²) in [4.78, 5) is 0. The van der Waals surface area contributed by atoms with Gasteiger partial charge in [0.2, 0.25) is 0 Å². The van der Waals surface area contributed by atoms with Crippen molar-refractivity contribution in [1.82, 2.24) is 15.5 Å². The fourth-order valence-corrected chi connectivity index (χ4v) is 3.27. The molecule has 0 aliphatic carbocycles. The third-order valence-electron chi connectivity index (χ3n) is 4.27. The zero-order valence-electron chi connectivity index (χ0n) is 13.2. The number of nitrogens with zero attached hydrogens (tertiary/aromatic N) is 1. The summed E-state index contributed by atoms with van der Waals surface area (Å²) < 4.78 is 11.1. The van der Waals surface area contributed by atoms with Crippen LogP contribution in [-0.4, -0.2) is 30.5 Å². The minimum atomic E-state index is 0.112. The molecular weight excluding hydrogens is 314 g/mol. The standard InChI is InChI=1S/C17H22ClN3O2/c1-22-15-5-4-12(16(18)7-15)8-19-9-13-3-2-6-23-17(13)14-10-20-21-11-14/h4-5,7,10-11,13,17,19H,2-3,6,8-9H2,1H3,(H,20,21)/t13-,17+/m0/s1. The van der Waals surface area contributed by atoms with Crippen LogP contribution >= 0.6 is 11.6 Å². The third kappa shape index (κ3) is 4.05. The summed E-state index contributed by atoms with van der Waals surface area (Å²) in [5, 5.41) is 11.1. The van der Waals surface area contributed by atoms with E-state index in [-0.39, 0.29) is 6.10 Å². The van der Waals surface area contributed by atoms with Crippen LogP contribution in [0.1, 0.15) is 30.1 Å². The zero-order chi connectivity index (χ0) is 16.1. The average molecular weight is 336 g/mol. The molecule has 2 heterocycles. The number of benzene rings is 1. The molecule has 6 heteroatoms. The maximum Gasteiger partial charge on any atom is 0.120 e. The van der Waals surface area contributed by atoms with Gasteiger partial charge in [0.1, 0.15) is 5.75 Å². The number of aromatic nitrogens is 2. The Labute approximate surface area is 141 Å². The van der Waals surface area contributed by atoms with E-state index in [0.29, 0.717) is 5.92 Å². The number of aromatic amines is 1. The van der Waals surface area contributed by atoms with E-state index >= 15 is 0 Å². The Hall–Kier alpha value is -1.56. The van der Waals surface area contributed by atoms with Gasteiger partial charge in [-0.1, -0.05) is 17.7 Å². The lowest BCUT2D eigenvalue weighted by Gasteiger charge is -2.31. The Kier molecular flexibility index (Phi) is 5.54. The molecule has 1 fully saturated rings. The van der Waals surface area contributed by atoms with Gasteiger partial charge in [-0.25, -0.2) is 0 Å². The van der Waals surface area contributed by atoms with Gasteiger partial charge in [0.15, 0.2) is 0 Å². The maximum atomic E-state index is 6.28. The fraction of sp³-hybridized carbons (Fsp3) is 0.471. The number of hydrogen-bond acceptors (Lipinski definition) is 4. The smallest absolute Gasteiger partial charge is 0.120 e. The number of nitrogens with one attached hydrogen (secondary N) is 2. The van der Waals surface area contributed by atoms with Gasteiger partial charge in [-0.3, -0.25) is 5.10 Å². The molecule has 0 bridgehead atoms. The Morgan fingerprint density at radius 3 is 3.13 bits per heavy atom. The molecule has 23 heavy (non-hydrogen) atoms. The first kappa shape index (κ1) is 16.3. The van der Waals surface area contributed by atoms with Crippen molar-refractivity contribution in [3.05, 3.63) is 46.7 Å². The van der Waals surface area contributed by atoms with Crippen molar-refractivity contribution in [2.75, 3.05) is 20.3 Å². The fourth-order valence-electron chi connectivity index (χ4n) is 3.03. The van der Waals surface area contributed by atoms with Crippen molar-refractivity contribution in [1.29, 1.82) is 0 Å². The normalized spacial score (nSPS) is 21.3. The van der Waals surface area contributed by atoms with Gasteiger partial charge in [-0.15, -0.1) is 0 Å². The molecule has 1 aromatic heterocycles. The van der Waals surface area contributed by atoms with Crippen LogP contribution in [0.5, 0.6) is 5.75 Å². The predicted octanol–water partition coefficient (Wildman–Crippen LogP) is 3.33. The molecule has 0 spiro atoms. The molecule has 2 aromatic rings. The van der Waals surface area contributed by atoms with E-state index < -0.39 is 0 Å². The Bertz CT molecular complexity index is 618. The predicted molar refractivity (Wildman–Crippen MR) is 89.7 cm³/mol. The van der Waals surface area contributed by atoms with Crippen molar-refractivity contribution >= 4 is 11.6 Å². The molecule has 3 rings (SSSR count). The van der Waals surface area contributed by atoms with E-state index in [2.05, 4.69) is 15.5 Å². The van der Waals surface area contributed by atoms with E-state index in [1.165, 1.54) is 0 Å². The molecule has 1 saturated heterocycles. The van der Waals surface area contributed by atoms with E-state index in [1.54, 1.807) is 7.11 Å². The quantitative estimate of drug-likeness (QED) is 0.850. The lowest BCUT2D eigenvalue weighted by Crippen LogP contribution is -2.31. The van der Waals surface area contributed by atoms with Crippen molar-refractivity contribution < 1.29 is 9.47 Å². The molecule has 0 unspecified atom stereocenters. The van der Waals surface area contributed by atoms with Crippen LogP contribution in [0.3, 0.4) is 0 Å². The van der Waals surface area contributed by atoms with Crippen molar-refractivity contribution in [3.63, 3.8) is 0 Å². The van der Waals surface area contributed by atoms with E-state index in [9.17, 15) is 0 Å². The lowest BCUT2D eigenvalue weighted by atomic mass is 9.91. The minimum Gasteiger partial charge on any atom is -0.497 e. The van der Waals surface area contributed by atoms with E-state index in [0.717, 1.165) is 54.4 Å². The number of rotatable bonds is 6. The molecule has 0 amide bonds. The van der Waals surface area contributed by atoms with Crippen molar-refractivity contribution in [2.24, 2.45) is 5.92 Å². The summed E-state index contributed by atoms with van der Waals surface area (Å²) in [6, 6.07) is 5.77. The highest BCUT2D eigenvalue weighted by Gasteiger charge is 2.27. The highest BCUT2D eigenvalue weighted by atomic mass is 35.5. The first-order valence-corrected chi connectivity index (χ1v) is 8.29. The molecule has 2 atom stereocenters. The molecular formula is C17H22ClN3O2. The largest absolute Gasteiger partial charge is 0.497 e. The second kappa shape index (κ2) is 7.81. The van der Waals surface area contributed by atoms with Gasteiger partial charge in [0, 0.05) is 42.4 Å². The summed E-state index contributed by atoms with van der Waals surface area (Å²) in [5.41, 5.74) is 2.20. The Morgan fingerprint density at radius 2 is 2.39 bits per heavy atom. The molecule has 1 aliphatic rings. The van der Waals surface area contributed by atoms with Gasteiger partial charge in [0.05, 0.1) is 19.4 Å². The molecule has 0 saturated carbocycles. The summed E-state index contributed by atoms with van der Waals surface area (Å²) in [6.45, 7) is 2.44. The molecule has 124 valence electrons. The molecule has 5 nitrogen and oxygen atoms in total. The van der Waals surface area contributed by atoms with Crippen LogP contribution in [0.2, 0.25) is 5.02 Å². The highest BCUT2D eigenvalue weighted by Crippen LogP contribution is 2.32. The lowest BCUT2D eigenvalue weighted by molar-refractivity contribution is -0.0278. The molecule has 1 aliphatic heterocycles.